The molecule has 0 aromatic heterocycles. The lowest BCUT2D eigenvalue weighted by Crippen LogP contribution is -2.41. The maximum Gasteiger partial charge on any atom is 0.239 e. The van der Waals surface area contributed by atoms with E-state index in [4.69, 9.17) is 10.5 Å². The number of ether oxygens (including phenoxy) is 1. The number of carbonyl (C=O) groups is 1. The van der Waals surface area contributed by atoms with Gasteiger partial charge in [-0.2, -0.15) is 0 Å². The summed E-state index contributed by atoms with van der Waals surface area (Å²) in [5.41, 5.74) is 5.60. The fourth-order valence-corrected chi connectivity index (χ4v) is 1.01. The van der Waals surface area contributed by atoms with Crippen molar-refractivity contribution >= 4 is 5.91 Å². The number of hydrogen-bond donors (Lipinski definition) is 1. The number of nitrogens with two attached hydrogens (primary N) is 1. The molecule has 13 heavy (non-hydrogen) atoms. The molecular formula is C9H20N2O2. The van der Waals surface area contributed by atoms with Crippen molar-refractivity contribution in [3.63, 3.8) is 0 Å². The number of hydrogen-bond acceptors (Lipinski definition) is 3. The summed E-state index contributed by atoms with van der Waals surface area (Å²) in [5.74, 6) is 0.0126. The lowest BCUT2D eigenvalue weighted by molar-refractivity contribution is -0.131. The second kappa shape index (κ2) is 6.86. The fraction of sp³-hybridized carbons (Fsp3) is 0.889. The first-order valence-corrected chi connectivity index (χ1v) is 4.63. The van der Waals surface area contributed by atoms with Gasteiger partial charge in [0.25, 0.3) is 0 Å². The van der Waals surface area contributed by atoms with E-state index in [1.165, 1.54) is 0 Å². The molecule has 0 aromatic carbocycles. The van der Waals surface area contributed by atoms with Gasteiger partial charge in [0, 0.05) is 27.3 Å². The molecule has 0 fully saturated rings. The fourth-order valence-electron chi connectivity index (χ4n) is 1.01. The van der Waals surface area contributed by atoms with Crippen molar-refractivity contribution < 1.29 is 9.53 Å². The highest BCUT2D eigenvalue weighted by Crippen LogP contribution is 1.95. The molecule has 0 heterocycles. The molecule has 1 unspecified atom stereocenters. The Morgan fingerprint density at radius 2 is 2.23 bits per heavy atom. The van der Waals surface area contributed by atoms with Crippen molar-refractivity contribution in [2.24, 2.45) is 5.73 Å². The third-order valence-corrected chi connectivity index (χ3v) is 1.98. The van der Waals surface area contributed by atoms with E-state index in [0.717, 1.165) is 6.42 Å². The van der Waals surface area contributed by atoms with Crippen molar-refractivity contribution in [3.8, 4) is 0 Å². The van der Waals surface area contributed by atoms with Crippen LogP contribution in [-0.4, -0.2) is 44.2 Å². The summed E-state index contributed by atoms with van der Waals surface area (Å²) in [6, 6.07) is -0.354. The van der Waals surface area contributed by atoms with Crippen molar-refractivity contribution in [2.45, 2.75) is 25.8 Å². The van der Waals surface area contributed by atoms with Crippen LogP contribution in [0, 0.1) is 0 Å². The van der Waals surface area contributed by atoms with Crippen LogP contribution in [0.5, 0.6) is 0 Å². The van der Waals surface area contributed by atoms with Crippen LogP contribution in [-0.2, 0) is 9.53 Å². The molecule has 0 aromatic rings. The second-order valence-corrected chi connectivity index (χ2v) is 3.12. The maximum atomic E-state index is 11.4. The zero-order valence-corrected chi connectivity index (χ0v) is 8.75. The molecule has 1 atom stereocenters. The van der Waals surface area contributed by atoms with Crippen LogP contribution in [0.15, 0.2) is 0 Å². The first kappa shape index (κ1) is 12.4. The van der Waals surface area contributed by atoms with Crippen LogP contribution < -0.4 is 5.73 Å². The Labute approximate surface area is 80.0 Å². The molecular weight excluding hydrogens is 168 g/mol. The quantitative estimate of drug-likeness (QED) is 0.607. The molecule has 0 aliphatic carbocycles. The van der Waals surface area contributed by atoms with Gasteiger partial charge in [-0.1, -0.05) is 6.92 Å². The van der Waals surface area contributed by atoms with E-state index in [1.807, 2.05) is 6.92 Å². The van der Waals surface area contributed by atoms with Gasteiger partial charge in [0.15, 0.2) is 0 Å². The number of amides is 1. The van der Waals surface area contributed by atoms with Crippen molar-refractivity contribution in [1.29, 1.82) is 0 Å². The number of methoxy groups -OCH3 is 1. The third kappa shape index (κ3) is 4.85. The molecule has 0 rings (SSSR count). The topological polar surface area (TPSA) is 55.6 Å². The summed E-state index contributed by atoms with van der Waals surface area (Å²) in [6.45, 7) is 3.30. The summed E-state index contributed by atoms with van der Waals surface area (Å²) >= 11 is 0. The van der Waals surface area contributed by atoms with Gasteiger partial charge in [-0.25, -0.2) is 0 Å². The minimum absolute atomic E-state index is 0.0126. The number of carbonyl (C=O) groups excluding carboxylic acids is 1. The lowest BCUT2D eigenvalue weighted by Gasteiger charge is -2.20. The Hall–Kier alpha value is -0.610. The molecule has 1 amide bonds. The molecule has 0 radical (unpaired) electrons. The van der Waals surface area contributed by atoms with E-state index < -0.39 is 0 Å². The van der Waals surface area contributed by atoms with Gasteiger partial charge in [0.05, 0.1) is 6.04 Å². The molecule has 0 saturated carbocycles. The average molecular weight is 188 g/mol. The van der Waals surface area contributed by atoms with Crippen LogP contribution >= 0.6 is 0 Å². The van der Waals surface area contributed by atoms with Gasteiger partial charge in [0.2, 0.25) is 5.91 Å². The van der Waals surface area contributed by atoms with Gasteiger partial charge in [-0.15, -0.1) is 0 Å². The van der Waals surface area contributed by atoms with Crippen LogP contribution in [0.2, 0.25) is 0 Å². The van der Waals surface area contributed by atoms with Crippen molar-refractivity contribution in [1.82, 2.24) is 4.90 Å². The Morgan fingerprint density at radius 3 is 2.69 bits per heavy atom. The average Bonchev–Trinajstić information content (AvgIpc) is 2.15. The molecule has 0 saturated heterocycles. The first-order chi connectivity index (χ1) is 6.13. The van der Waals surface area contributed by atoms with E-state index in [-0.39, 0.29) is 11.9 Å². The standard InChI is InChI=1S/C9H20N2O2/c1-4-8(10)9(12)11(2)6-5-7-13-3/h8H,4-7,10H2,1-3H3. The van der Waals surface area contributed by atoms with E-state index in [0.29, 0.717) is 19.6 Å². The normalized spacial score (nSPS) is 12.6. The predicted octanol–water partition coefficient (Wildman–Crippen LogP) is 0.219. The minimum atomic E-state index is -0.354. The summed E-state index contributed by atoms with van der Waals surface area (Å²) in [4.78, 5) is 13.1. The third-order valence-electron chi connectivity index (χ3n) is 1.98. The molecule has 2 N–H and O–H groups in total. The van der Waals surface area contributed by atoms with Crippen molar-refractivity contribution in [3.05, 3.63) is 0 Å². The van der Waals surface area contributed by atoms with Gasteiger partial charge in [0.1, 0.15) is 0 Å². The van der Waals surface area contributed by atoms with E-state index >= 15 is 0 Å². The number of nitrogens with zero attached hydrogens (tertiary/aromatic N) is 1. The largest absolute Gasteiger partial charge is 0.385 e. The summed E-state index contributed by atoms with van der Waals surface area (Å²) in [5, 5.41) is 0. The Bertz CT molecular complexity index is 151. The predicted molar refractivity (Wildman–Crippen MR) is 52.4 cm³/mol. The van der Waals surface area contributed by atoms with Gasteiger partial charge >= 0.3 is 0 Å². The van der Waals surface area contributed by atoms with Gasteiger partial charge in [-0.3, -0.25) is 4.79 Å². The molecule has 4 heteroatoms. The molecule has 0 bridgehead atoms. The lowest BCUT2D eigenvalue weighted by atomic mass is 10.2. The summed E-state index contributed by atoms with van der Waals surface area (Å²) in [7, 11) is 3.42. The van der Waals surface area contributed by atoms with E-state index in [9.17, 15) is 4.79 Å². The highest BCUT2D eigenvalue weighted by Gasteiger charge is 2.14. The van der Waals surface area contributed by atoms with Gasteiger partial charge in [-0.05, 0) is 12.8 Å². The van der Waals surface area contributed by atoms with E-state index in [1.54, 1.807) is 19.1 Å². The minimum Gasteiger partial charge on any atom is -0.385 e. The maximum absolute atomic E-state index is 11.4. The summed E-state index contributed by atoms with van der Waals surface area (Å²) in [6.07, 6.45) is 1.54. The SMILES string of the molecule is CCC(N)C(=O)N(C)CCCOC. The van der Waals surface area contributed by atoms with Crippen LogP contribution in [0.1, 0.15) is 19.8 Å². The van der Waals surface area contributed by atoms with Crippen LogP contribution in [0.4, 0.5) is 0 Å². The second-order valence-electron chi connectivity index (χ2n) is 3.12. The smallest absolute Gasteiger partial charge is 0.239 e. The van der Waals surface area contributed by atoms with Crippen molar-refractivity contribution in [2.75, 3.05) is 27.3 Å². The number of likely N-dealkylation sites (N-methyl/N-ethyl adjacent to an activating group) is 1. The highest BCUT2D eigenvalue weighted by molar-refractivity contribution is 5.81. The zero-order valence-electron chi connectivity index (χ0n) is 8.75. The molecule has 78 valence electrons. The monoisotopic (exact) mass is 188 g/mol. The first-order valence-electron chi connectivity index (χ1n) is 4.63. The zero-order chi connectivity index (χ0) is 10.3. The molecule has 0 aliphatic heterocycles. The highest BCUT2D eigenvalue weighted by atomic mass is 16.5. The molecule has 4 nitrogen and oxygen atoms in total. The van der Waals surface area contributed by atoms with Crippen LogP contribution in [0.3, 0.4) is 0 Å². The Balaban J connectivity index is 3.69. The Kier molecular flexibility index (Phi) is 6.54. The van der Waals surface area contributed by atoms with Crippen LogP contribution in [0.25, 0.3) is 0 Å². The summed E-state index contributed by atoms with van der Waals surface area (Å²) < 4.78 is 4.89. The van der Waals surface area contributed by atoms with E-state index in [2.05, 4.69) is 0 Å². The Morgan fingerprint density at radius 1 is 1.62 bits per heavy atom. The molecule has 0 spiro atoms. The molecule has 0 aliphatic rings. The van der Waals surface area contributed by atoms with Gasteiger partial charge < -0.3 is 15.4 Å². The number of rotatable bonds is 6.